The van der Waals surface area contributed by atoms with Gasteiger partial charge in [-0.1, -0.05) is 6.92 Å². The van der Waals surface area contributed by atoms with Crippen molar-refractivity contribution in [3.05, 3.63) is 18.0 Å². The van der Waals surface area contributed by atoms with E-state index in [1.54, 1.807) is 0 Å². The number of rotatable bonds is 5. The highest BCUT2D eigenvalue weighted by atomic mass is 16.5. The molecule has 102 valence electrons. The lowest BCUT2D eigenvalue weighted by molar-refractivity contribution is -0.0906. The summed E-state index contributed by atoms with van der Waals surface area (Å²) in [7, 11) is 1.96. The zero-order valence-electron chi connectivity index (χ0n) is 11.8. The molecule has 1 saturated heterocycles. The largest absolute Gasteiger partial charge is 0.373 e. The van der Waals surface area contributed by atoms with E-state index >= 15 is 0 Å². The molecule has 0 saturated carbocycles. The first-order valence-corrected chi connectivity index (χ1v) is 7.02. The summed E-state index contributed by atoms with van der Waals surface area (Å²) in [6.07, 6.45) is 6.65. The predicted octanol–water partition coefficient (Wildman–Crippen LogP) is 2.42. The summed E-state index contributed by atoms with van der Waals surface area (Å²) < 4.78 is 7.94. The molecule has 1 N–H and O–H groups in total. The Hall–Kier alpha value is -0.870. The zero-order valence-corrected chi connectivity index (χ0v) is 11.8. The molecule has 1 aromatic rings. The Morgan fingerprint density at radius 1 is 1.56 bits per heavy atom. The Bertz CT molecular complexity index is 369. The fraction of sp³-hybridized carbons (Fsp3) is 0.786. The minimum absolute atomic E-state index is 0.123. The van der Waals surface area contributed by atoms with Crippen LogP contribution in [-0.2, 0) is 11.8 Å². The molecule has 2 atom stereocenters. The molecule has 1 aliphatic rings. The normalized spacial score (nSPS) is 26.2. The van der Waals surface area contributed by atoms with Gasteiger partial charge in [0.05, 0.1) is 17.3 Å². The number of aromatic nitrogens is 2. The van der Waals surface area contributed by atoms with Gasteiger partial charge in [-0.05, 0) is 45.2 Å². The van der Waals surface area contributed by atoms with E-state index in [4.69, 9.17) is 4.74 Å². The quantitative estimate of drug-likeness (QED) is 0.873. The second-order valence-corrected chi connectivity index (χ2v) is 5.42. The first kappa shape index (κ1) is 13.6. The molecule has 18 heavy (non-hydrogen) atoms. The SMILES string of the molecule is CCCNC(c1ccn(C)n1)C1(C)CCCCO1. The number of nitrogens with zero attached hydrogens (tertiary/aromatic N) is 2. The van der Waals surface area contributed by atoms with Crippen molar-refractivity contribution < 1.29 is 4.74 Å². The highest BCUT2D eigenvalue weighted by Crippen LogP contribution is 2.35. The Balaban J connectivity index is 2.18. The first-order valence-electron chi connectivity index (χ1n) is 7.02. The highest BCUT2D eigenvalue weighted by Gasteiger charge is 2.38. The minimum Gasteiger partial charge on any atom is -0.373 e. The standard InChI is InChI=1S/C14H25N3O/c1-4-9-15-13(12-7-10-17(3)16-12)14(2)8-5-6-11-18-14/h7,10,13,15H,4-6,8-9,11H2,1-3H3. The third kappa shape index (κ3) is 2.93. The van der Waals surface area contributed by atoms with Gasteiger partial charge in [-0.15, -0.1) is 0 Å². The van der Waals surface area contributed by atoms with Gasteiger partial charge in [0.1, 0.15) is 0 Å². The molecule has 4 nitrogen and oxygen atoms in total. The summed E-state index contributed by atoms with van der Waals surface area (Å²) >= 11 is 0. The van der Waals surface area contributed by atoms with E-state index in [9.17, 15) is 0 Å². The van der Waals surface area contributed by atoms with Crippen LogP contribution in [0.3, 0.4) is 0 Å². The second kappa shape index (κ2) is 5.85. The Morgan fingerprint density at radius 2 is 2.39 bits per heavy atom. The third-order valence-corrected chi connectivity index (χ3v) is 3.74. The lowest BCUT2D eigenvalue weighted by Crippen LogP contribution is -2.46. The van der Waals surface area contributed by atoms with E-state index in [1.165, 1.54) is 12.8 Å². The zero-order chi connectivity index (χ0) is 13.0. The molecule has 1 aliphatic heterocycles. The molecule has 0 amide bonds. The van der Waals surface area contributed by atoms with Gasteiger partial charge in [-0.2, -0.15) is 5.10 Å². The minimum atomic E-state index is -0.123. The maximum Gasteiger partial charge on any atom is 0.0864 e. The van der Waals surface area contributed by atoms with Crippen LogP contribution in [0.4, 0.5) is 0 Å². The van der Waals surface area contributed by atoms with Crippen molar-refractivity contribution in [1.29, 1.82) is 0 Å². The van der Waals surface area contributed by atoms with Crippen LogP contribution >= 0.6 is 0 Å². The van der Waals surface area contributed by atoms with Crippen molar-refractivity contribution in [3.63, 3.8) is 0 Å². The number of ether oxygens (including phenoxy) is 1. The summed E-state index contributed by atoms with van der Waals surface area (Å²) in [6, 6.07) is 2.29. The van der Waals surface area contributed by atoms with Crippen molar-refractivity contribution in [2.24, 2.45) is 7.05 Å². The fourth-order valence-electron chi connectivity index (χ4n) is 2.69. The van der Waals surface area contributed by atoms with Crippen molar-refractivity contribution >= 4 is 0 Å². The van der Waals surface area contributed by atoms with Gasteiger partial charge in [0.25, 0.3) is 0 Å². The molecule has 0 aliphatic carbocycles. The van der Waals surface area contributed by atoms with E-state index < -0.39 is 0 Å². The van der Waals surface area contributed by atoms with Crippen LogP contribution in [0.5, 0.6) is 0 Å². The van der Waals surface area contributed by atoms with Gasteiger partial charge < -0.3 is 10.1 Å². The van der Waals surface area contributed by atoms with Crippen molar-refractivity contribution in [3.8, 4) is 0 Å². The van der Waals surface area contributed by atoms with Crippen LogP contribution in [-0.4, -0.2) is 28.5 Å². The van der Waals surface area contributed by atoms with E-state index in [2.05, 4.69) is 30.3 Å². The third-order valence-electron chi connectivity index (χ3n) is 3.74. The van der Waals surface area contributed by atoms with E-state index in [1.807, 2.05) is 17.9 Å². The van der Waals surface area contributed by atoms with Crippen LogP contribution in [0, 0.1) is 0 Å². The predicted molar refractivity (Wildman–Crippen MR) is 72.5 cm³/mol. The average molecular weight is 251 g/mol. The molecule has 0 spiro atoms. The topological polar surface area (TPSA) is 39.1 Å². The summed E-state index contributed by atoms with van der Waals surface area (Å²) in [5.74, 6) is 0. The van der Waals surface area contributed by atoms with Crippen LogP contribution in [0.25, 0.3) is 0 Å². The van der Waals surface area contributed by atoms with Gasteiger partial charge in [0, 0.05) is 19.9 Å². The van der Waals surface area contributed by atoms with Gasteiger partial charge in [-0.3, -0.25) is 4.68 Å². The van der Waals surface area contributed by atoms with Crippen molar-refractivity contribution in [2.75, 3.05) is 13.2 Å². The summed E-state index contributed by atoms with van der Waals surface area (Å²) in [6.45, 7) is 6.27. The number of aryl methyl sites for hydroxylation is 1. The van der Waals surface area contributed by atoms with E-state index in [0.717, 1.165) is 31.7 Å². The van der Waals surface area contributed by atoms with Crippen LogP contribution in [0.1, 0.15) is 51.3 Å². The monoisotopic (exact) mass is 251 g/mol. The molecule has 4 heteroatoms. The second-order valence-electron chi connectivity index (χ2n) is 5.42. The molecule has 0 bridgehead atoms. The Kier molecular flexibility index (Phi) is 4.40. The molecule has 1 aromatic heterocycles. The van der Waals surface area contributed by atoms with Crippen molar-refractivity contribution in [2.45, 2.75) is 51.2 Å². The van der Waals surface area contributed by atoms with Gasteiger partial charge in [-0.25, -0.2) is 0 Å². The van der Waals surface area contributed by atoms with Crippen molar-refractivity contribution in [1.82, 2.24) is 15.1 Å². The van der Waals surface area contributed by atoms with E-state index in [0.29, 0.717) is 0 Å². The maximum atomic E-state index is 6.08. The number of hydrogen-bond donors (Lipinski definition) is 1. The van der Waals surface area contributed by atoms with E-state index in [-0.39, 0.29) is 11.6 Å². The lowest BCUT2D eigenvalue weighted by atomic mass is 9.86. The highest BCUT2D eigenvalue weighted by molar-refractivity contribution is 5.12. The molecule has 2 rings (SSSR count). The fourth-order valence-corrected chi connectivity index (χ4v) is 2.69. The Morgan fingerprint density at radius 3 is 2.94 bits per heavy atom. The summed E-state index contributed by atoms with van der Waals surface area (Å²) in [5.41, 5.74) is 0.970. The molecule has 0 aromatic carbocycles. The molecule has 2 heterocycles. The first-order chi connectivity index (χ1) is 8.65. The van der Waals surface area contributed by atoms with Crippen LogP contribution in [0.15, 0.2) is 12.3 Å². The smallest absolute Gasteiger partial charge is 0.0864 e. The molecular formula is C14H25N3O. The van der Waals surface area contributed by atoms with Gasteiger partial charge in [0.15, 0.2) is 0 Å². The van der Waals surface area contributed by atoms with Gasteiger partial charge in [0.2, 0.25) is 0 Å². The molecule has 0 radical (unpaired) electrons. The molecule has 2 unspecified atom stereocenters. The lowest BCUT2D eigenvalue weighted by Gasteiger charge is -2.40. The Labute approximate surface area is 110 Å². The molecular weight excluding hydrogens is 226 g/mol. The summed E-state index contributed by atoms with van der Waals surface area (Å²) in [4.78, 5) is 0. The van der Waals surface area contributed by atoms with Gasteiger partial charge >= 0.3 is 0 Å². The van der Waals surface area contributed by atoms with Crippen LogP contribution < -0.4 is 5.32 Å². The average Bonchev–Trinajstić information content (AvgIpc) is 2.77. The molecule has 1 fully saturated rings. The number of nitrogens with one attached hydrogen (secondary N) is 1. The summed E-state index contributed by atoms with van der Waals surface area (Å²) in [5, 5.41) is 8.17. The van der Waals surface area contributed by atoms with Crippen LogP contribution in [0.2, 0.25) is 0 Å². The number of hydrogen-bond acceptors (Lipinski definition) is 3. The maximum absolute atomic E-state index is 6.08.